The molecule has 1 unspecified atom stereocenters. The van der Waals surface area contributed by atoms with Gasteiger partial charge in [-0.2, -0.15) is 10.4 Å². The summed E-state index contributed by atoms with van der Waals surface area (Å²) in [6, 6.07) is 5.47. The van der Waals surface area contributed by atoms with Crippen molar-refractivity contribution in [2.75, 3.05) is 18.9 Å². The second-order valence-electron chi connectivity index (χ2n) is 6.58. The summed E-state index contributed by atoms with van der Waals surface area (Å²) in [6.07, 6.45) is 0.906. The molecular weight excluding hydrogens is 492 g/mol. The van der Waals surface area contributed by atoms with E-state index in [9.17, 15) is 18.9 Å². The Kier molecular flexibility index (Phi) is 8.82. The number of benzene rings is 1. The molecule has 15 heteroatoms. The van der Waals surface area contributed by atoms with Crippen LogP contribution in [0, 0.1) is 5.82 Å². The first kappa shape index (κ1) is 25.4. The zero-order valence-corrected chi connectivity index (χ0v) is 19.8. The lowest BCUT2D eigenvalue weighted by molar-refractivity contribution is -0.169. The first-order chi connectivity index (χ1) is 16.3. The number of anilines is 1. The maximum absolute atomic E-state index is 13.6. The lowest BCUT2D eigenvalue weighted by Gasteiger charge is -2.14. The number of aromatic nitrogens is 2. The normalized spacial score (nSPS) is 16.4. The Hall–Kier alpha value is -3.19. The van der Waals surface area contributed by atoms with Crippen LogP contribution in [0.4, 0.5) is 10.2 Å². The molecule has 1 aliphatic heterocycles. The van der Waals surface area contributed by atoms with Crippen LogP contribution in [0.5, 0.6) is 11.5 Å². The third-order valence-corrected chi connectivity index (χ3v) is 5.61. The van der Waals surface area contributed by atoms with E-state index in [0.29, 0.717) is 5.75 Å². The van der Waals surface area contributed by atoms with E-state index in [1.807, 2.05) is 0 Å². The van der Waals surface area contributed by atoms with Crippen molar-refractivity contribution in [2.24, 2.45) is 4.85 Å². The molecule has 0 bridgehead atoms. The number of nitrogens with two attached hydrogens (primary N) is 1. The zero-order chi connectivity index (χ0) is 24.7. The number of carbonyl (C=O) groups excluding carboxylic acids is 1. The maximum atomic E-state index is 13.6. The van der Waals surface area contributed by atoms with Crippen LogP contribution in [-0.4, -0.2) is 40.2 Å². The minimum Gasteiger partial charge on any atom is -0.574 e. The van der Waals surface area contributed by atoms with E-state index < -0.39 is 42.9 Å². The number of ether oxygens (including phenoxy) is 3. The standard InChI is InChI=1S/C19H21FN5O7PS/c1-3-29-18(26)11(2)23-24-33(28)32-13-6-4-12(5-7-13)30-9-16-31-15(10-34-16)25-8-14(20)17(21)22-19(25)27/h4-8,10-11,16,23H,3,9H2,1-2H3,(H2,21,22,27)/t11-,16-/m0/s1. The summed E-state index contributed by atoms with van der Waals surface area (Å²) in [5.41, 5.74) is 6.44. The van der Waals surface area contributed by atoms with E-state index in [-0.39, 0.29) is 24.8 Å². The molecule has 3 rings (SSSR count). The molecule has 0 aliphatic carbocycles. The lowest BCUT2D eigenvalue weighted by atomic mass is 10.3. The first-order valence-electron chi connectivity index (χ1n) is 9.85. The Balaban J connectivity index is 1.47. The molecule has 1 aliphatic rings. The van der Waals surface area contributed by atoms with Gasteiger partial charge in [0.15, 0.2) is 22.8 Å². The van der Waals surface area contributed by atoms with Crippen molar-refractivity contribution >= 4 is 37.6 Å². The van der Waals surface area contributed by atoms with Crippen molar-refractivity contribution in [1.29, 1.82) is 0 Å². The molecule has 0 radical (unpaired) electrons. The average Bonchev–Trinajstić information content (AvgIpc) is 3.28. The van der Waals surface area contributed by atoms with Gasteiger partial charge in [0.25, 0.3) is 0 Å². The highest BCUT2D eigenvalue weighted by Crippen LogP contribution is 2.30. The molecule has 12 nitrogen and oxygen atoms in total. The number of nitrogens with one attached hydrogen (secondary N) is 1. The predicted octanol–water partition coefficient (Wildman–Crippen LogP) is 1.58. The van der Waals surface area contributed by atoms with Crippen molar-refractivity contribution in [3.05, 3.63) is 52.2 Å². The molecule has 0 saturated heterocycles. The molecular formula is C19H21FN5O7PS. The molecule has 3 atom stereocenters. The van der Waals surface area contributed by atoms with E-state index in [1.165, 1.54) is 30.8 Å². The number of esters is 1. The van der Waals surface area contributed by atoms with Crippen molar-refractivity contribution < 1.29 is 32.8 Å². The molecule has 0 saturated carbocycles. The van der Waals surface area contributed by atoms with E-state index >= 15 is 0 Å². The second-order valence-corrected chi connectivity index (χ2v) is 8.47. The van der Waals surface area contributed by atoms with Gasteiger partial charge in [0, 0.05) is 10.3 Å². The summed E-state index contributed by atoms with van der Waals surface area (Å²) in [5.74, 6) is -0.987. The van der Waals surface area contributed by atoms with Crippen LogP contribution in [0.2, 0.25) is 0 Å². The van der Waals surface area contributed by atoms with E-state index in [0.717, 1.165) is 10.8 Å². The molecule has 0 fully saturated rings. The first-order valence-corrected chi connectivity index (χ1v) is 11.9. The minimum atomic E-state index is -2.47. The van der Waals surface area contributed by atoms with Crippen LogP contribution in [0.25, 0.3) is 5.88 Å². The van der Waals surface area contributed by atoms with Crippen LogP contribution in [0.15, 0.2) is 45.5 Å². The molecule has 182 valence electrons. The number of carbonyl (C=O) groups is 1. The fourth-order valence-corrected chi connectivity index (χ4v) is 3.79. The van der Waals surface area contributed by atoms with Crippen LogP contribution < -0.4 is 31.0 Å². The number of rotatable bonds is 10. The van der Waals surface area contributed by atoms with Gasteiger partial charge in [-0.15, -0.1) is 0 Å². The van der Waals surface area contributed by atoms with E-state index in [1.54, 1.807) is 24.5 Å². The monoisotopic (exact) mass is 513 g/mol. The summed E-state index contributed by atoms with van der Waals surface area (Å²) < 4.78 is 35.8. The molecule has 3 N–H and O–H groups in total. The molecule has 0 amide bonds. The maximum Gasteiger partial charge on any atom is 0.412 e. The third-order valence-electron chi connectivity index (χ3n) is 4.09. The Labute approximate surface area is 198 Å². The van der Waals surface area contributed by atoms with Gasteiger partial charge in [0.1, 0.15) is 18.4 Å². The second kappa shape index (κ2) is 11.8. The summed E-state index contributed by atoms with van der Waals surface area (Å²) in [7, 11) is -2.47. The summed E-state index contributed by atoms with van der Waals surface area (Å²) >= 11 is 1.24. The van der Waals surface area contributed by atoms with Crippen molar-refractivity contribution in [2.45, 2.75) is 25.3 Å². The van der Waals surface area contributed by atoms with Gasteiger partial charge in [-0.05, 0) is 38.1 Å². The number of halogens is 1. The van der Waals surface area contributed by atoms with Crippen LogP contribution >= 0.6 is 19.9 Å². The molecule has 0 spiro atoms. The number of hydrogen-bond acceptors (Lipinski definition) is 11. The Morgan fingerprint density at radius 2 is 2.15 bits per heavy atom. The highest BCUT2D eigenvalue weighted by atomic mass is 32.2. The smallest absolute Gasteiger partial charge is 0.412 e. The van der Waals surface area contributed by atoms with Crippen LogP contribution in [0.3, 0.4) is 0 Å². The minimum absolute atomic E-state index is 0.109. The fraction of sp³-hybridized carbons (Fsp3) is 0.316. The molecule has 1 aromatic heterocycles. The SMILES string of the molecule is CCOC(=O)[C@H](C)N/N=[P+](\[O-])Oc1ccc(OC[C@H]2OC(n3cc(F)c(N)nc3=O)=CS2)cc1. The zero-order valence-electron chi connectivity index (χ0n) is 18.0. The number of thioether (sulfide) groups is 1. The molecule has 2 heterocycles. The van der Waals surface area contributed by atoms with Gasteiger partial charge in [-0.3, -0.25) is 9.32 Å². The Morgan fingerprint density at radius 3 is 2.85 bits per heavy atom. The van der Waals surface area contributed by atoms with Crippen molar-refractivity contribution in [3.63, 3.8) is 0 Å². The summed E-state index contributed by atoms with van der Waals surface area (Å²) in [5, 5.41) is 1.54. The van der Waals surface area contributed by atoms with Gasteiger partial charge in [0.2, 0.25) is 5.88 Å². The van der Waals surface area contributed by atoms with Crippen molar-refractivity contribution in [3.8, 4) is 11.5 Å². The van der Waals surface area contributed by atoms with Gasteiger partial charge in [-0.25, -0.2) is 13.8 Å². The number of hydrogen-bond donors (Lipinski definition) is 2. The summed E-state index contributed by atoms with van der Waals surface area (Å²) in [4.78, 5) is 42.3. The van der Waals surface area contributed by atoms with Gasteiger partial charge in [-0.1, -0.05) is 11.8 Å². The average molecular weight is 513 g/mol. The van der Waals surface area contributed by atoms with Gasteiger partial charge in [0.05, 0.1) is 12.8 Å². The quantitative estimate of drug-likeness (QED) is 0.269. The third kappa shape index (κ3) is 6.90. The number of nitrogen functional groups attached to an aromatic ring is 1. The predicted molar refractivity (Wildman–Crippen MR) is 121 cm³/mol. The largest absolute Gasteiger partial charge is 0.574 e. The molecule has 1 aromatic carbocycles. The lowest BCUT2D eigenvalue weighted by Crippen LogP contribution is -2.31. The summed E-state index contributed by atoms with van der Waals surface area (Å²) in [6.45, 7) is 3.54. The Morgan fingerprint density at radius 1 is 1.44 bits per heavy atom. The highest BCUT2D eigenvalue weighted by Gasteiger charge is 2.23. The Bertz CT molecular complexity index is 1140. The van der Waals surface area contributed by atoms with Crippen LogP contribution in [0.1, 0.15) is 13.8 Å². The van der Waals surface area contributed by atoms with Gasteiger partial charge < -0.3 is 24.8 Å². The topological polar surface area (TPSA) is 162 Å². The van der Waals surface area contributed by atoms with Crippen LogP contribution in [-0.2, 0) is 14.3 Å². The highest BCUT2D eigenvalue weighted by molar-refractivity contribution is 8.03. The van der Waals surface area contributed by atoms with Gasteiger partial charge >= 0.3 is 19.8 Å². The van der Waals surface area contributed by atoms with E-state index in [2.05, 4.69) is 15.3 Å². The number of nitrogens with zero attached hydrogens (tertiary/aromatic N) is 3. The van der Waals surface area contributed by atoms with Crippen molar-refractivity contribution in [1.82, 2.24) is 15.0 Å². The van der Waals surface area contributed by atoms with E-state index in [4.69, 9.17) is 24.5 Å². The fourth-order valence-electron chi connectivity index (χ4n) is 2.44. The molecule has 2 aromatic rings. The molecule has 34 heavy (non-hydrogen) atoms.